The minimum absolute atomic E-state index is 0.0800. The van der Waals surface area contributed by atoms with E-state index in [9.17, 15) is 14.4 Å². The molecule has 1 rings (SSSR count). The van der Waals surface area contributed by atoms with Crippen molar-refractivity contribution < 1.29 is 24.0 Å². The van der Waals surface area contributed by atoms with Crippen LogP contribution in [0.3, 0.4) is 0 Å². The van der Waals surface area contributed by atoms with Crippen LogP contribution in [0.2, 0.25) is 0 Å². The average molecular weight is 277 g/mol. The minimum Gasteiger partial charge on any atom is -0.479 e. The summed E-state index contributed by atoms with van der Waals surface area (Å²) in [4.78, 5) is 38.2. The van der Waals surface area contributed by atoms with Crippen LogP contribution in [-0.4, -0.2) is 39.6 Å². The number of hydroxylamine groups is 2. The number of ether oxygens (including phenoxy) is 1. The summed E-state index contributed by atoms with van der Waals surface area (Å²) in [5.41, 5.74) is 0. The van der Waals surface area contributed by atoms with E-state index in [1.165, 1.54) is 0 Å². The van der Waals surface area contributed by atoms with Gasteiger partial charge in [0.1, 0.15) is 5.75 Å². The smallest absolute Gasteiger partial charge is 0.343 e. The van der Waals surface area contributed by atoms with Crippen LogP contribution in [0, 0.1) is 0 Å². The van der Waals surface area contributed by atoms with Crippen molar-refractivity contribution in [1.29, 1.82) is 0 Å². The summed E-state index contributed by atoms with van der Waals surface area (Å²) in [6, 6.07) is 0. The molecule has 0 N–H and O–H groups in total. The largest absolute Gasteiger partial charge is 0.479 e. The van der Waals surface area contributed by atoms with Crippen LogP contribution in [0.5, 0.6) is 0 Å². The lowest BCUT2D eigenvalue weighted by Gasteiger charge is -2.12. The maximum absolute atomic E-state index is 11.3. The highest BCUT2D eigenvalue weighted by molar-refractivity contribution is 8.23. The van der Waals surface area contributed by atoms with Gasteiger partial charge in [-0.2, -0.15) is 0 Å². The van der Waals surface area contributed by atoms with Gasteiger partial charge in [-0.05, 0) is 19.1 Å². The summed E-state index contributed by atoms with van der Waals surface area (Å²) < 4.78 is 5.17. The molecular formula is C9H11NO5S2. The van der Waals surface area contributed by atoms with Crippen LogP contribution in [0.25, 0.3) is 0 Å². The highest BCUT2D eigenvalue weighted by Crippen LogP contribution is 2.13. The topological polar surface area (TPSA) is 72.9 Å². The Hall–Kier alpha value is -1.15. The summed E-state index contributed by atoms with van der Waals surface area (Å²) in [5, 5.41) is 0.507. The van der Waals surface area contributed by atoms with Crippen LogP contribution in [-0.2, 0) is 24.0 Å². The maximum atomic E-state index is 11.3. The Bertz CT molecular complexity index is 341. The van der Waals surface area contributed by atoms with Gasteiger partial charge in [0.15, 0.2) is 0 Å². The highest BCUT2D eigenvalue weighted by Gasteiger charge is 2.32. The van der Waals surface area contributed by atoms with Gasteiger partial charge in [0.25, 0.3) is 11.8 Å². The number of carbonyl (C=O) groups is 3. The third-order valence-electron chi connectivity index (χ3n) is 1.77. The van der Waals surface area contributed by atoms with Crippen LogP contribution in [0.1, 0.15) is 19.8 Å². The first-order valence-corrected chi connectivity index (χ1v) is 6.30. The Morgan fingerprint density at radius 2 is 2.00 bits per heavy atom. The molecule has 0 saturated carbocycles. The molecule has 0 aromatic carbocycles. The van der Waals surface area contributed by atoms with E-state index in [4.69, 9.17) is 17.0 Å². The fourth-order valence-electron chi connectivity index (χ4n) is 1.06. The molecule has 6 nitrogen and oxygen atoms in total. The zero-order valence-electron chi connectivity index (χ0n) is 9.13. The predicted molar refractivity (Wildman–Crippen MR) is 63.9 cm³/mol. The first kappa shape index (κ1) is 13.9. The molecule has 1 heterocycles. The maximum Gasteiger partial charge on any atom is 0.343 e. The molecule has 2 amide bonds. The van der Waals surface area contributed by atoms with Crippen molar-refractivity contribution in [1.82, 2.24) is 5.06 Å². The number of rotatable bonds is 4. The van der Waals surface area contributed by atoms with Gasteiger partial charge in [-0.25, -0.2) is 4.79 Å². The van der Waals surface area contributed by atoms with E-state index < -0.39 is 17.8 Å². The minimum atomic E-state index is -0.708. The zero-order valence-corrected chi connectivity index (χ0v) is 10.8. The fraction of sp³-hybridized carbons (Fsp3) is 0.556. The van der Waals surface area contributed by atoms with Crippen molar-refractivity contribution in [3.63, 3.8) is 0 Å². The van der Waals surface area contributed by atoms with Crippen LogP contribution in [0.4, 0.5) is 0 Å². The van der Waals surface area contributed by atoms with E-state index in [-0.39, 0.29) is 23.0 Å². The molecule has 0 aromatic heterocycles. The van der Waals surface area contributed by atoms with E-state index in [2.05, 4.69) is 4.84 Å². The van der Waals surface area contributed by atoms with E-state index in [0.717, 1.165) is 11.8 Å². The molecule has 0 radical (unpaired) electrons. The van der Waals surface area contributed by atoms with Crippen molar-refractivity contribution in [3.05, 3.63) is 0 Å². The average Bonchev–Trinajstić information content (AvgIpc) is 2.58. The van der Waals surface area contributed by atoms with Gasteiger partial charge in [-0.1, -0.05) is 11.8 Å². The molecule has 0 spiro atoms. The first-order chi connectivity index (χ1) is 8.04. The lowest BCUT2D eigenvalue weighted by atomic mass is 10.4. The number of nitrogens with zero attached hydrogens (tertiary/aromatic N) is 1. The van der Waals surface area contributed by atoms with Crippen molar-refractivity contribution in [2.75, 3.05) is 12.4 Å². The zero-order chi connectivity index (χ0) is 12.8. The molecule has 1 saturated heterocycles. The molecule has 94 valence electrons. The van der Waals surface area contributed by atoms with E-state index >= 15 is 0 Å². The summed E-state index contributed by atoms with van der Waals surface area (Å²) in [6.07, 6.45) is 0.160. The Balaban J connectivity index is 2.32. The first-order valence-electron chi connectivity index (χ1n) is 4.90. The van der Waals surface area contributed by atoms with Crippen LogP contribution >= 0.6 is 24.0 Å². The highest BCUT2D eigenvalue weighted by atomic mass is 32.2. The van der Waals surface area contributed by atoms with Gasteiger partial charge in [-0.3, -0.25) is 9.59 Å². The second-order valence-corrected chi connectivity index (χ2v) is 4.59. The number of imide groups is 1. The second-order valence-electron chi connectivity index (χ2n) is 3.02. The normalized spacial score (nSPS) is 15.0. The fourth-order valence-corrected chi connectivity index (χ4v) is 1.85. The number of carbonyl (C=O) groups excluding carboxylic acids is 3. The summed E-state index contributed by atoms with van der Waals surface area (Å²) in [7, 11) is 0. The SMILES string of the molecule is CCOC(=S)SCC(=O)ON1C(=O)CCC1=O. The molecule has 0 bridgehead atoms. The van der Waals surface area contributed by atoms with Gasteiger partial charge in [-0.15, -0.1) is 5.06 Å². The Labute approximate surface area is 108 Å². The molecule has 0 atom stereocenters. The molecular weight excluding hydrogens is 266 g/mol. The van der Waals surface area contributed by atoms with E-state index in [1.54, 1.807) is 6.92 Å². The van der Waals surface area contributed by atoms with Crippen molar-refractivity contribution in [2.24, 2.45) is 0 Å². The molecule has 1 aliphatic heterocycles. The molecule has 1 fully saturated rings. The van der Waals surface area contributed by atoms with Crippen LogP contribution < -0.4 is 0 Å². The number of amides is 2. The van der Waals surface area contributed by atoms with Gasteiger partial charge in [0.05, 0.1) is 6.61 Å². The quantitative estimate of drug-likeness (QED) is 0.551. The van der Waals surface area contributed by atoms with Gasteiger partial charge in [0.2, 0.25) is 4.38 Å². The molecule has 0 unspecified atom stereocenters. The van der Waals surface area contributed by atoms with E-state index in [1.807, 2.05) is 0 Å². The third-order valence-corrected chi connectivity index (χ3v) is 2.97. The Kier molecular flexibility index (Phi) is 5.36. The van der Waals surface area contributed by atoms with Crippen molar-refractivity contribution in [2.45, 2.75) is 19.8 Å². The Morgan fingerprint density at radius 3 is 2.53 bits per heavy atom. The number of hydrogen-bond acceptors (Lipinski definition) is 7. The number of hydrogen-bond donors (Lipinski definition) is 0. The summed E-state index contributed by atoms with van der Waals surface area (Å²) in [6.45, 7) is 2.19. The molecule has 1 aliphatic rings. The standard InChI is InChI=1S/C9H11NO5S2/c1-2-14-9(16)17-5-8(13)15-10-6(11)3-4-7(10)12/h2-5H2,1H3. The number of thiocarbonyl (C=S) groups is 1. The van der Waals surface area contributed by atoms with Gasteiger partial charge < -0.3 is 9.57 Å². The molecule has 0 aliphatic carbocycles. The van der Waals surface area contributed by atoms with Crippen molar-refractivity contribution >= 4 is 46.1 Å². The summed E-state index contributed by atoms with van der Waals surface area (Å²) >= 11 is 5.77. The third kappa shape index (κ3) is 4.31. The van der Waals surface area contributed by atoms with E-state index in [0.29, 0.717) is 11.7 Å². The van der Waals surface area contributed by atoms with Gasteiger partial charge in [0, 0.05) is 12.8 Å². The van der Waals surface area contributed by atoms with Crippen LogP contribution in [0.15, 0.2) is 0 Å². The summed E-state index contributed by atoms with van der Waals surface area (Å²) in [5.74, 6) is -1.81. The lowest BCUT2D eigenvalue weighted by molar-refractivity contribution is -0.195. The molecule has 8 heteroatoms. The molecule has 17 heavy (non-hydrogen) atoms. The Morgan fingerprint density at radius 1 is 1.41 bits per heavy atom. The predicted octanol–water partition coefficient (Wildman–Crippen LogP) is 0.648. The lowest BCUT2D eigenvalue weighted by Crippen LogP contribution is -2.32. The van der Waals surface area contributed by atoms with Crippen molar-refractivity contribution in [3.8, 4) is 0 Å². The monoisotopic (exact) mass is 277 g/mol. The second kappa shape index (κ2) is 6.55. The molecule has 0 aromatic rings. The number of thioether (sulfide) groups is 1. The van der Waals surface area contributed by atoms with Gasteiger partial charge >= 0.3 is 5.97 Å².